The maximum absolute atomic E-state index is 10.6. The first-order valence-electron chi connectivity index (χ1n) is 7.32. The first-order chi connectivity index (χ1) is 12.1. The summed E-state index contributed by atoms with van der Waals surface area (Å²) >= 11 is 5.14. The molecule has 0 aliphatic carbocycles. The van der Waals surface area contributed by atoms with Crippen molar-refractivity contribution in [2.24, 2.45) is 5.10 Å². The van der Waals surface area contributed by atoms with E-state index >= 15 is 0 Å². The summed E-state index contributed by atoms with van der Waals surface area (Å²) in [5.41, 5.74) is 4.44. The van der Waals surface area contributed by atoms with Gasteiger partial charge in [0.25, 0.3) is 5.69 Å². The molecule has 0 saturated heterocycles. The third kappa shape index (κ3) is 4.42. The van der Waals surface area contributed by atoms with E-state index in [1.807, 2.05) is 18.2 Å². The van der Waals surface area contributed by atoms with Gasteiger partial charge in [-0.05, 0) is 47.6 Å². The van der Waals surface area contributed by atoms with Gasteiger partial charge in [-0.25, -0.2) is 0 Å². The van der Waals surface area contributed by atoms with Gasteiger partial charge < -0.3 is 14.8 Å². The quantitative estimate of drug-likeness (QED) is 0.366. The van der Waals surface area contributed by atoms with Gasteiger partial charge in [-0.3, -0.25) is 15.5 Å². The molecule has 0 atom stereocenters. The molecule has 2 aromatic carbocycles. The summed E-state index contributed by atoms with van der Waals surface area (Å²) in [6.45, 7) is 0.749. The van der Waals surface area contributed by atoms with Crippen molar-refractivity contribution in [3.8, 4) is 11.5 Å². The first-order valence-corrected chi connectivity index (χ1v) is 7.72. The molecule has 0 spiro atoms. The molecule has 0 saturated carbocycles. The molecule has 2 aromatic rings. The molecule has 8 nitrogen and oxygen atoms in total. The third-order valence-corrected chi connectivity index (χ3v) is 3.61. The summed E-state index contributed by atoms with van der Waals surface area (Å²) in [5.74, 6) is 1.45. The molecule has 3 rings (SSSR count). The standard InChI is InChI=1S/C16H14N4O4S/c21-20(22)13-4-1-11(2-5-13)9-18-19-16(25)17-8-12-3-6-14-15(7-12)24-10-23-14/h1-7,9H,8,10H2,(H2,17,19,25)/b18-9-. The second-order valence-electron chi connectivity index (χ2n) is 5.09. The molecule has 0 unspecified atom stereocenters. The van der Waals surface area contributed by atoms with E-state index in [4.69, 9.17) is 21.7 Å². The Hall–Kier alpha value is -3.20. The Morgan fingerprint density at radius 3 is 2.76 bits per heavy atom. The van der Waals surface area contributed by atoms with Crippen LogP contribution in [0.1, 0.15) is 11.1 Å². The molecule has 0 amide bonds. The molecule has 1 aliphatic rings. The highest BCUT2D eigenvalue weighted by molar-refractivity contribution is 7.80. The molecule has 0 radical (unpaired) electrons. The second kappa shape index (κ2) is 7.58. The lowest BCUT2D eigenvalue weighted by atomic mass is 10.2. The predicted molar refractivity (Wildman–Crippen MR) is 95.8 cm³/mol. The Morgan fingerprint density at radius 1 is 1.24 bits per heavy atom. The number of nitrogens with zero attached hydrogens (tertiary/aromatic N) is 2. The molecular weight excluding hydrogens is 344 g/mol. The van der Waals surface area contributed by atoms with Gasteiger partial charge in [0.2, 0.25) is 6.79 Å². The zero-order chi connectivity index (χ0) is 17.6. The summed E-state index contributed by atoms with van der Waals surface area (Å²) in [4.78, 5) is 10.1. The minimum absolute atomic E-state index is 0.0334. The van der Waals surface area contributed by atoms with Gasteiger partial charge in [0.15, 0.2) is 16.6 Å². The highest BCUT2D eigenvalue weighted by Gasteiger charge is 2.12. The van der Waals surface area contributed by atoms with Gasteiger partial charge in [-0.15, -0.1) is 0 Å². The monoisotopic (exact) mass is 358 g/mol. The topological polar surface area (TPSA) is 98.0 Å². The van der Waals surface area contributed by atoms with Gasteiger partial charge in [0, 0.05) is 18.7 Å². The Bertz CT molecular complexity index is 823. The number of benzene rings is 2. The van der Waals surface area contributed by atoms with Crippen molar-refractivity contribution >= 4 is 29.2 Å². The lowest BCUT2D eigenvalue weighted by Crippen LogP contribution is -2.31. The van der Waals surface area contributed by atoms with Crippen molar-refractivity contribution in [3.05, 3.63) is 63.7 Å². The fourth-order valence-corrected chi connectivity index (χ4v) is 2.25. The van der Waals surface area contributed by atoms with Crippen LogP contribution in [0.25, 0.3) is 0 Å². The van der Waals surface area contributed by atoms with Gasteiger partial charge >= 0.3 is 0 Å². The average molecular weight is 358 g/mol. The van der Waals surface area contributed by atoms with Crippen LogP contribution >= 0.6 is 12.2 Å². The van der Waals surface area contributed by atoms with Gasteiger partial charge in [0.1, 0.15) is 0 Å². The molecule has 25 heavy (non-hydrogen) atoms. The highest BCUT2D eigenvalue weighted by atomic mass is 32.1. The summed E-state index contributed by atoms with van der Waals surface area (Å²) in [5, 5.41) is 18.0. The molecule has 2 N–H and O–H groups in total. The Balaban J connectivity index is 1.47. The summed E-state index contributed by atoms with van der Waals surface area (Å²) in [6, 6.07) is 11.7. The number of fused-ring (bicyclic) bond motifs is 1. The van der Waals surface area contributed by atoms with Crippen LogP contribution in [0.3, 0.4) is 0 Å². The SMILES string of the molecule is O=[N+]([O-])c1ccc(/C=N\NC(=S)NCc2ccc3c(c2)OCO3)cc1. The lowest BCUT2D eigenvalue weighted by molar-refractivity contribution is -0.384. The van der Waals surface area contributed by atoms with Crippen LogP contribution in [-0.2, 0) is 6.54 Å². The molecule has 128 valence electrons. The highest BCUT2D eigenvalue weighted by Crippen LogP contribution is 2.32. The number of non-ortho nitro benzene ring substituents is 1. The van der Waals surface area contributed by atoms with E-state index in [2.05, 4.69) is 15.8 Å². The molecule has 0 fully saturated rings. The minimum atomic E-state index is -0.450. The first kappa shape index (κ1) is 16.7. The minimum Gasteiger partial charge on any atom is -0.454 e. The van der Waals surface area contributed by atoms with E-state index in [1.165, 1.54) is 18.3 Å². The predicted octanol–water partition coefficient (Wildman–Crippen LogP) is 2.32. The maximum Gasteiger partial charge on any atom is 0.269 e. The second-order valence-corrected chi connectivity index (χ2v) is 5.50. The smallest absolute Gasteiger partial charge is 0.269 e. The van der Waals surface area contributed by atoms with Gasteiger partial charge in [-0.2, -0.15) is 5.10 Å². The van der Waals surface area contributed by atoms with Gasteiger partial charge in [-0.1, -0.05) is 6.07 Å². The summed E-state index contributed by atoms with van der Waals surface area (Å²) < 4.78 is 10.6. The number of nitro groups is 1. The molecule has 1 aliphatic heterocycles. The average Bonchev–Trinajstić information content (AvgIpc) is 3.08. The van der Waals surface area contributed by atoms with Crippen molar-refractivity contribution < 1.29 is 14.4 Å². The number of nitrogens with one attached hydrogen (secondary N) is 2. The zero-order valence-electron chi connectivity index (χ0n) is 13.0. The van der Waals surface area contributed by atoms with E-state index < -0.39 is 4.92 Å². The van der Waals surface area contributed by atoms with Crippen LogP contribution < -0.4 is 20.2 Å². The van der Waals surface area contributed by atoms with E-state index in [1.54, 1.807) is 12.1 Å². The maximum atomic E-state index is 10.6. The normalized spacial score (nSPS) is 12.2. The van der Waals surface area contributed by atoms with Crippen LogP contribution in [0.5, 0.6) is 11.5 Å². The molecule has 1 heterocycles. The largest absolute Gasteiger partial charge is 0.454 e. The number of ether oxygens (including phenoxy) is 2. The van der Waals surface area contributed by atoms with Crippen LogP contribution in [0.15, 0.2) is 47.6 Å². The van der Waals surface area contributed by atoms with Crippen molar-refractivity contribution in [2.75, 3.05) is 6.79 Å². The number of rotatable bonds is 5. The van der Waals surface area contributed by atoms with Crippen LogP contribution in [0, 0.1) is 10.1 Å². The molecule has 0 aromatic heterocycles. The number of hydrazone groups is 1. The zero-order valence-corrected chi connectivity index (χ0v) is 13.8. The number of nitro benzene ring substituents is 1. The van der Waals surface area contributed by atoms with Crippen molar-refractivity contribution in [1.29, 1.82) is 0 Å². The number of hydrogen-bond donors (Lipinski definition) is 2. The van der Waals surface area contributed by atoms with Gasteiger partial charge in [0.05, 0.1) is 11.1 Å². The van der Waals surface area contributed by atoms with Crippen LogP contribution in [-0.4, -0.2) is 23.0 Å². The van der Waals surface area contributed by atoms with Crippen LogP contribution in [0.2, 0.25) is 0 Å². The fraction of sp³-hybridized carbons (Fsp3) is 0.125. The van der Waals surface area contributed by atoms with E-state index in [0.29, 0.717) is 11.7 Å². The third-order valence-electron chi connectivity index (χ3n) is 3.37. The van der Waals surface area contributed by atoms with E-state index in [0.717, 1.165) is 22.6 Å². The summed E-state index contributed by atoms with van der Waals surface area (Å²) in [7, 11) is 0. The number of thiocarbonyl (C=S) groups is 1. The van der Waals surface area contributed by atoms with Crippen LogP contribution in [0.4, 0.5) is 5.69 Å². The van der Waals surface area contributed by atoms with E-state index in [-0.39, 0.29) is 12.5 Å². The van der Waals surface area contributed by atoms with Crippen molar-refractivity contribution in [1.82, 2.24) is 10.7 Å². The fourth-order valence-electron chi connectivity index (χ4n) is 2.12. The van der Waals surface area contributed by atoms with Crippen molar-refractivity contribution in [2.45, 2.75) is 6.54 Å². The van der Waals surface area contributed by atoms with E-state index in [9.17, 15) is 10.1 Å². The number of hydrogen-bond acceptors (Lipinski definition) is 6. The molecule has 9 heteroatoms. The lowest BCUT2D eigenvalue weighted by Gasteiger charge is -2.07. The Morgan fingerprint density at radius 2 is 2.00 bits per heavy atom. The van der Waals surface area contributed by atoms with Crippen molar-refractivity contribution in [3.63, 3.8) is 0 Å². The molecular formula is C16H14N4O4S. The Kier molecular flexibility index (Phi) is 5.05. The Labute approximate surface area is 148 Å². The molecule has 0 bridgehead atoms. The summed E-state index contributed by atoms with van der Waals surface area (Å²) in [6.07, 6.45) is 1.53.